The average molecular weight is 339 g/mol. The Morgan fingerprint density at radius 1 is 1.16 bits per heavy atom. The summed E-state index contributed by atoms with van der Waals surface area (Å²) in [4.78, 5) is 21.7. The molecule has 0 unspecified atom stereocenters. The number of hydrogen-bond acceptors (Lipinski definition) is 4. The number of amides is 1. The quantitative estimate of drug-likeness (QED) is 0.929. The molecule has 6 nitrogen and oxygen atoms in total. The molecule has 2 aromatic rings. The Hall–Kier alpha value is -2.37. The molecule has 132 valence electrons. The number of nitrogens with one attached hydrogen (secondary N) is 1. The number of carbonyl (C=O) groups excluding carboxylic acids is 1. The topological polar surface area (TPSA) is 65.1 Å². The summed E-state index contributed by atoms with van der Waals surface area (Å²) in [5, 5.41) is 7.05. The van der Waals surface area contributed by atoms with Gasteiger partial charge in [0.05, 0.1) is 0 Å². The van der Waals surface area contributed by atoms with Crippen LogP contribution in [0.4, 0.5) is 5.82 Å². The Balaban J connectivity index is 1.43. The number of hydrogen-bond donors (Lipinski definition) is 1. The van der Waals surface area contributed by atoms with E-state index >= 15 is 0 Å². The molecular formula is C19H25N5O. The number of anilines is 1. The van der Waals surface area contributed by atoms with Gasteiger partial charge >= 0.3 is 0 Å². The van der Waals surface area contributed by atoms with E-state index in [0.29, 0.717) is 5.92 Å². The first-order valence-corrected chi connectivity index (χ1v) is 9.28. The average Bonchev–Trinajstić information content (AvgIpc) is 3.35. The molecule has 0 aliphatic carbocycles. The van der Waals surface area contributed by atoms with Crippen LogP contribution in [0.15, 0.2) is 30.6 Å². The van der Waals surface area contributed by atoms with Gasteiger partial charge in [0, 0.05) is 49.8 Å². The standard InChI is InChI=1S/C19H25N5O/c25-19(16-5-7-20-18(13-16)23-9-1-2-10-23)24-11-3-4-15(14-24)12-17-6-8-21-22-17/h5-8,13,15H,1-4,9-12,14H2,(H,21,22)/t15-/m0/s1. The zero-order valence-corrected chi connectivity index (χ0v) is 14.5. The van der Waals surface area contributed by atoms with Crippen molar-refractivity contribution in [3.05, 3.63) is 41.9 Å². The van der Waals surface area contributed by atoms with Crippen LogP contribution in [-0.4, -0.2) is 52.2 Å². The van der Waals surface area contributed by atoms with Crippen LogP contribution in [0.2, 0.25) is 0 Å². The molecule has 0 spiro atoms. The van der Waals surface area contributed by atoms with E-state index in [1.54, 1.807) is 12.4 Å². The molecule has 1 amide bonds. The van der Waals surface area contributed by atoms with E-state index < -0.39 is 0 Å². The van der Waals surface area contributed by atoms with Crippen LogP contribution < -0.4 is 4.90 Å². The minimum atomic E-state index is 0.136. The molecule has 0 saturated carbocycles. The second-order valence-corrected chi connectivity index (χ2v) is 7.14. The Morgan fingerprint density at radius 3 is 2.84 bits per heavy atom. The van der Waals surface area contributed by atoms with E-state index in [-0.39, 0.29) is 5.91 Å². The molecular weight excluding hydrogens is 314 g/mol. The van der Waals surface area contributed by atoms with Gasteiger partial charge in [0.25, 0.3) is 5.91 Å². The van der Waals surface area contributed by atoms with Gasteiger partial charge in [-0.05, 0) is 56.2 Å². The third kappa shape index (κ3) is 3.67. The van der Waals surface area contributed by atoms with Gasteiger partial charge in [-0.2, -0.15) is 5.10 Å². The lowest BCUT2D eigenvalue weighted by Gasteiger charge is -2.33. The van der Waals surface area contributed by atoms with Crippen LogP contribution in [-0.2, 0) is 6.42 Å². The highest BCUT2D eigenvalue weighted by molar-refractivity contribution is 5.95. The number of piperidine rings is 1. The lowest BCUT2D eigenvalue weighted by Crippen LogP contribution is -2.40. The molecule has 0 bridgehead atoms. The van der Waals surface area contributed by atoms with Gasteiger partial charge in [0.2, 0.25) is 0 Å². The molecule has 4 rings (SSSR count). The third-order valence-corrected chi connectivity index (χ3v) is 5.30. The van der Waals surface area contributed by atoms with E-state index in [9.17, 15) is 4.79 Å². The van der Waals surface area contributed by atoms with Crippen molar-refractivity contribution >= 4 is 11.7 Å². The number of aromatic nitrogens is 3. The van der Waals surface area contributed by atoms with Crippen LogP contribution in [0.5, 0.6) is 0 Å². The van der Waals surface area contributed by atoms with Crippen molar-refractivity contribution in [3.8, 4) is 0 Å². The predicted octanol–water partition coefficient (Wildman–Crippen LogP) is 2.50. The van der Waals surface area contributed by atoms with Gasteiger partial charge in [-0.1, -0.05) is 0 Å². The van der Waals surface area contributed by atoms with Gasteiger partial charge in [-0.25, -0.2) is 4.98 Å². The minimum Gasteiger partial charge on any atom is -0.357 e. The first kappa shape index (κ1) is 16.1. The van der Waals surface area contributed by atoms with Crippen molar-refractivity contribution in [1.29, 1.82) is 0 Å². The summed E-state index contributed by atoms with van der Waals surface area (Å²) in [5.41, 5.74) is 1.92. The SMILES string of the molecule is O=C(c1ccnc(N2CCCC2)c1)N1CCC[C@@H](Cc2ccn[nH]2)C1. The summed E-state index contributed by atoms with van der Waals surface area (Å²) in [5.74, 6) is 1.57. The summed E-state index contributed by atoms with van der Waals surface area (Å²) in [7, 11) is 0. The molecule has 0 radical (unpaired) electrons. The maximum atomic E-state index is 13.0. The van der Waals surface area contributed by atoms with Crippen LogP contribution in [0, 0.1) is 5.92 Å². The molecule has 2 saturated heterocycles. The molecule has 2 aromatic heterocycles. The van der Waals surface area contributed by atoms with Crippen molar-refractivity contribution < 1.29 is 4.79 Å². The van der Waals surface area contributed by atoms with E-state index in [2.05, 4.69) is 20.1 Å². The number of carbonyl (C=O) groups is 1. The monoisotopic (exact) mass is 339 g/mol. The molecule has 2 fully saturated rings. The molecule has 2 aliphatic heterocycles. The first-order chi connectivity index (χ1) is 12.3. The Morgan fingerprint density at radius 2 is 2.04 bits per heavy atom. The first-order valence-electron chi connectivity index (χ1n) is 9.28. The van der Waals surface area contributed by atoms with Gasteiger partial charge in [0.15, 0.2) is 0 Å². The minimum absolute atomic E-state index is 0.136. The maximum absolute atomic E-state index is 13.0. The van der Waals surface area contributed by atoms with E-state index in [4.69, 9.17) is 0 Å². The second-order valence-electron chi connectivity index (χ2n) is 7.14. The van der Waals surface area contributed by atoms with E-state index in [1.165, 1.54) is 12.8 Å². The lowest BCUT2D eigenvalue weighted by molar-refractivity contribution is 0.0672. The fourth-order valence-corrected chi connectivity index (χ4v) is 3.98. The lowest BCUT2D eigenvalue weighted by atomic mass is 9.93. The number of pyridine rings is 1. The second kappa shape index (κ2) is 7.25. The molecule has 1 atom stereocenters. The summed E-state index contributed by atoms with van der Waals surface area (Å²) in [6.45, 7) is 3.75. The molecule has 6 heteroatoms. The van der Waals surface area contributed by atoms with Crippen LogP contribution >= 0.6 is 0 Å². The number of likely N-dealkylation sites (tertiary alicyclic amines) is 1. The van der Waals surface area contributed by atoms with Crippen molar-refractivity contribution in [1.82, 2.24) is 20.1 Å². The van der Waals surface area contributed by atoms with Gasteiger partial charge in [0.1, 0.15) is 5.82 Å². The number of H-pyrrole nitrogens is 1. The van der Waals surface area contributed by atoms with Gasteiger partial charge in [-0.3, -0.25) is 9.89 Å². The van der Waals surface area contributed by atoms with Gasteiger partial charge < -0.3 is 9.80 Å². The predicted molar refractivity (Wildman–Crippen MR) is 96.6 cm³/mol. The summed E-state index contributed by atoms with van der Waals surface area (Å²) >= 11 is 0. The third-order valence-electron chi connectivity index (χ3n) is 5.30. The number of aromatic amines is 1. The van der Waals surface area contributed by atoms with Gasteiger partial charge in [-0.15, -0.1) is 0 Å². The molecule has 1 N–H and O–H groups in total. The molecule has 2 aliphatic rings. The van der Waals surface area contributed by atoms with Crippen molar-refractivity contribution in [2.24, 2.45) is 5.92 Å². The number of rotatable bonds is 4. The summed E-state index contributed by atoms with van der Waals surface area (Å²) < 4.78 is 0. The smallest absolute Gasteiger partial charge is 0.254 e. The van der Waals surface area contributed by atoms with Crippen LogP contribution in [0.25, 0.3) is 0 Å². The normalized spacial score (nSPS) is 20.9. The molecule has 4 heterocycles. The summed E-state index contributed by atoms with van der Waals surface area (Å²) in [6, 6.07) is 5.83. The van der Waals surface area contributed by atoms with Crippen molar-refractivity contribution in [2.45, 2.75) is 32.1 Å². The Kier molecular flexibility index (Phi) is 4.68. The zero-order chi connectivity index (χ0) is 17.1. The van der Waals surface area contributed by atoms with E-state index in [0.717, 1.165) is 62.5 Å². The number of nitrogens with zero attached hydrogens (tertiary/aromatic N) is 4. The van der Waals surface area contributed by atoms with Crippen LogP contribution in [0.1, 0.15) is 41.7 Å². The highest BCUT2D eigenvalue weighted by atomic mass is 16.2. The fraction of sp³-hybridized carbons (Fsp3) is 0.526. The van der Waals surface area contributed by atoms with Crippen molar-refractivity contribution in [3.63, 3.8) is 0 Å². The molecule has 25 heavy (non-hydrogen) atoms. The highest BCUT2D eigenvalue weighted by Crippen LogP contribution is 2.23. The fourth-order valence-electron chi connectivity index (χ4n) is 3.98. The molecule has 0 aromatic carbocycles. The summed E-state index contributed by atoms with van der Waals surface area (Å²) in [6.07, 6.45) is 9.17. The highest BCUT2D eigenvalue weighted by Gasteiger charge is 2.25. The zero-order valence-electron chi connectivity index (χ0n) is 14.5. The van der Waals surface area contributed by atoms with Crippen molar-refractivity contribution in [2.75, 3.05) is 31.1 Å². The largest absolute Gasteiger partial charge is 0.357 e. The Labute approximate surface area is 148 Å². The Bertz CT molecular complexity index is 708. The van der Waals surface area contributed by atoms with E-state index in [1.807, 2.05) is 23.1 Å². The maximum Gasteiger partial charge on any atom is 0.254 e. The van der Waals surface area contributed by atoms with Crippen LogP contribution in [0.3, 0.4) is 0 Å².